The SMILES string of the molecule is O=C(Cn1ncnn1)NNC(=O)[C@@H]1CCC2CN1C(=O)N2OS(=O)(=O)O. The average Bonchev–Trinajstić information content (AvgIpc) is 3.15. The number of tetrazole rings is 1. The summed E-state index contributed by atoms with van der Waals surface area (Å²) < 4.78 is 34.6. The van der Waals surface area contributed by atoms with E-state index in [2.05, 4.69) is 30.5 Å². The van der Waals surface area contributed by atoms with Gasteiger partial charge in [-0.2, -0.15) is 18.3 Å². The molecule has 142 valence electrons. The van der Waals surface area contributed by atoms with Crippen LogP contribution in [0.3, 0.4) is 0 Å². The molecule has 2 atom stereocenters. The maximum Gasteiger partial charge on any atom is 0.418 e. The first-order valence-electron chi connectivity index (χ1n) is 7.31. The van der Waals surface area contributed by atoms with Crippen LogP contribution in [0.15, 0.2) is 6.33 Å². The molecule has 1 unspecified atom stereocenters. The van der Waals surface area contributed by atoms with E-state index in [9.17, 15) is 22.8 Å². The van der Waals surface area contributed by atoms with Crippen molar-refractivity contribution in [2.45, 2.75) is 31.5 Å². The molecule has 15 nitrogen and oxygen atoms in total. The van der Waals surface area contributed by atoms with Crippen molar-refractivity contribution in [2.24, 2.45) is 0 Å². The third-order valence-electron chi connectivity index (χ3n) is 3.80. The van der Waals surface area contributed by atoms with Crippen LogP contribution in [0.2, 0.25) is 0 Å². The van der Waals surface area contributed by atoms with Gasteiger partial charge in [-0.25, -0.2) is 4.79 Å². The highest BCUT2D eigenvalue weighted by Gasteiger charge is 2.49. The number of rotatable bonds is 5. The highest BCUT2D eigenvalue weighted by atomic mass is 32.3. The molecule has 1 aromatic rings. The first-order valence-corrected chi connectivity index (χ1v) is 8.67. The summed E-state index contributed by atoms with van der Waals surface area (Å²) in [5.41, 5.74) is 4.34. The number of carbonyl (C=O) groups is 3. The molecular weight excluding hydrogens is 376 g/mol. The maximum absolute atomic E-state index is 12.2. The van der Waals surface area contributed by atoms with Crippen LogP contribution in [0.4, 0.5) is 4.79 Å². The summed E-state index contributed by atoms with van der Waals surface area (Å²) in [6, 6.07) is -2.41. The second-order valence-electron chi connectivity index (χ2n) is 5.51. The van der Waals surface area contributed by atoms with E-state index in [-0.39, 0.29) is 25.9 Å². The fourth-order valence-corrected chi connectivity index (χ4v) is 3.14. The van der Waals surface area contributed by atoms with Crippen LogP contribution < -0.4 is 10.9 Å². The summed E-state index contributed by atoms with van der Waals surface area (Å²) in [6.07, 6.45) is 1.63. The van der Waals surface area contributed by atoms with E-state index < -0.39 is 40.3 Å². The molecule has 3 rings (SSSR count). The Hall–Kier alpha value is -2.85. The molecule has 1 aromatic heterocycles. The van der Waals surface area contributed by atoms with Gasteiger partial charge in [-0.05, 0) is 18.1 Å². The maximum atomic E-state index is 12.2. The number of fused-ring (bicyclic) bond motifs is 2. The Morgan fingerprint density at radius 3 is 2.77 bits per heavy atom. The molecule has 3 heterocycles. The monoisotopic (exact) mass is 390 g/mol. The quantitative estimate of drug-likeness (QED) is 0.341. The molecule has 3 N–H and O–H groups in total. The number of hydrazine groups is 1. The molecule has 0 radical (unpaired) electrons. The van der Waals surface area contributed by atoms with Gasteiger partial charge in [0.25, 0.3) is 11.8 Å². The second kappa shape index (κ2) is 6.81. The molecule has 0 aliphatic carbocycles. The molecule has 2 saturated heterocycles. The van der Waals surface area contributed by atoms with Crippen LogP contribution in [0.1, 0.15) is 12.8 Å². The Labute approximate surface area is 146 Å². The van der Waals surface area contributed by atoms with Crippen molar-refractivity contribution in [2.75, 3.05) is 6.54 Å². The summed E-state index contributed by atoms with van der Waals surface area (Å²) in [7, 11) is -4.86. The molecule has 26 heavy (non-hydrogen) atoms. The van der Waals surface area contributed by atoms with Crippen molar-refractivity contribution in [3.63, 3.8) is 0 Å². The summed E-state index contributed by atoms with van der Waals surface area (Å²) in [5.74, 6) is -1.28. The van der Waals surface area contributed by atoms with Crippen LogP contribution in [-0.4, -0.2) is 79.6 Å². The number of nitrogens with zero attached hydrogens (tertiary/aromatic N) is 6. The molecule has 2 aliphatic heterocycles. The predicted octanol–water partition coefficient (Wildman–Crippen LogP) is -3.18. The Bertz CT molecular complexity index is 811. The predicted molar refractivity (Wildman–Crippen MR) is 77.5 cm³/mol. The number of hydrogen-bond acceptors (Lipinski definition) is 9. The van der Waals surface area contributed by atoms with Crippen LogP contribution >= 0.6 is 0 Å². The number of hydroxylamine groups is 2. The summed E-state index contributed by atoms with van der Waals surface area (Å²) in [4.78, 5) is 38.2. The zero-order chi connectivity index (χ0) is 18.9. The van der Waals surface area contributed by atoms with Crippen molar-refractivity contribution >= 4 is 28.2 Å². The van der Waals surface area contributed by atoms with Crippen LogP contribution in [-0.2, 0) is 30.8 Å². The van der Waals surface area contributed by atoms with Crippen molar-refractivity contribution in [1.29, 1.82) is 0 Å². The first kappa shape index (κ1) is 18.0. The van der Waals surface area contributed by atoms with Crippen LogP contribution in [0, 0.1) is 0 Å². The second-order valence-corrected chi connectivity index (χ2v) is 6.52. The third kappa shape index (κ3) is 3.86. The number of piperidine rings is 1. The molecule has 2 fully saturated rings. The minimum atomic E-state index is -4.86. The van der Waals surface area contributed by atoms with E-state index in [0.717, 1.165) is 16.0 Å². The van der Waals surface area contributed by atoms with Gasteiger partial charge in [-0.3, -0.25) is 25.0 Å². The lowest BCUT2D eigenvalue weighted by Gasteiger charge is -2.29. The molecule has 4 amide bonds. The Balaban J connectivity index is 1.56. The fourth-order valence-electron chi connectivity index (χ4n) is 2.75. The summed E-state index contributed by atoms with van der Waals surface area (Å²) in [5, 5.41) is 11.1. The lowest BCUT2D eigenvalue weighted by atomic mass is 10.0. The number of nitrogens with one attached hydrogen (secondary N) is 2. The van der Waals surface area contributed by atoms with Crippen molar-refractivity contribution in [1.82, 2.24) is 41.0 Å². The van der Waals surface area contributed by atoms with Crippen molar-refractivity contribution in [3.05, 3.63) is 6.33 Å². The molecule has 0 spiro atoms. The highest BCUT2D eigenvalue weighted by Crippen LogP contribution is 2.30. The van der Waals surface area contributed by atoms with Crippen LogP contribution in [0.5, 0.6) is 0 Å². The van der Waals surface area contributed by atoms with Crippen LogP contribution in [0.25, 0.3) is 0 Å². The normalized spacial score (nSPS) is 22.4. The summed E-state index contributed by atoms with van der Waals surface area (Å²) >= 11 is 0. The molecular formula is C10H14N8O7S. The number of aromatic nitrogens is 4. The highest BCUT2D eigenvalue weighted by molar-refractivity contribution is 7.80. The zero-order valence-corrected chi connectivity index (χ0v) is 13.9. The van der Waals surface area contributed by atoms with Gasteiger partial charge >= 0.3 is 16.4 Å². The number of amides is 4. The smallest absolute Gasteiger partial charge is 0.309 e. The van der Waals surface area contributed by atoms with E-state index in [1.807, 2.05) is 0 Å². The molecule has 16 heteroatoms. The van der Waals surface area contributed by atoms with Gasteiger partial charge in [-0.15, -0.1) is 14.5 Å². The lowest BCUT2D eigenvalue weighted by Crippen LogP contribution is -2.54. The van der Waals surface area contributed by atoms with Gasteiger partial charge in [0.1, 0.15) is 12.6 Å². The first-order chi connectivity index (χ1) is 12.2. The number of hydrogen-bond donors (Lipinski definition) is 3. The number of carbonyl (C=O) groups excluding carboxylic acids is 3. The van der Waals surface area contributed by atoms with E-state index in [1.165, 1.54) is 0 Å². The van der Waals surface area contributed by atoms with E-state index in [1.54, 1.807) is 0 Å². The average molecular weight is 390 g/mol. The molecule has 2 bridgehead atoms. The Morgan fingerprint density at radius 1 is 1.35 bits per heavy atom. The Morgan fingerprint density at radius 2 is 2.12 bits per heavy atom. The molecule has 2 aliphatic rings. The van der Waals surface area contributed by atoms with E-state index >= 15 is 0 Å². The Kier molecular flexibility index (Phi) is 4.70. The van der Waals surface area contributed by atoms with E-state index in [0.29, 0.717) is 5.06 Å². The standard InChI is InChI=1S/C10H14N8O7S/c19-8(4-17-12-5-11-15-17)13-14-9(20)7-2-1-6-3-16(7)10(21)18(6)25-26(22,23)24/h5-7H,1-4H2,(H,13,19)(H,14,20)(H,22,23,24)/t6?,7-/m0/s1. The number of urea groups is 1. The minimum absolute atomic E-state index is 0.0449. The molecule has 0 aromatic carbocycles. The van der Waals surface area contributed by atoms with Gasteiger partial charge in [-0.1, -0.05) is 0 Å². The van der Waals surface area contributed by atoms with Gasteiger partial charge in [0.2, 0.25) is 0 Å². The lowest BCUT2D eigenvalue weighted by molar-refractivity contribution is -0.132. The summed E-state index contributed by atoms with van der Waals surface area (Å²) in [6.45, 7) is -0.227. The largest absolute Gasteiger partial charge is 0.418 e. The zero-order valence-electron chi connectivity index (χ0n) is 13.0. The van der Waals surface area contributed by atoms with Gasteiger partial charge < -0.3 is 4.90 Å². The molecule has 0 saturated carbocycles. The van der Waals surface area contributed by atoms with Crippen molar-refractivity contribution < 1.29 is 31.6 Å². The fraction of sp³-hybridized carbons (Fsp3) is 0.600. The topological polar surface area (TPSA) is 189 Å². The van der Waals surface area contributed by atoms with Gasteiger partial charge in [0.05, 0.1) is 6.04 Å². The third-order valence-corrected chi connectivity index (χ3v) is 4.15. The van der Waals surface area contributed by atoms with Gasteiger partial charge in [0, 0.05) is 6.54 Å². The van der Waals surface area contributed by atoms with Gasteiger partial charge in [0.15, 0.2) is 6.33 Å². The van der Waals surface area contributed by atoms with E-state index in [4.69, 9.17) is 4.55 Å². The minimum Gasteiger partial charge on any atom is -0.309 e. The van der Waals surface area contributed by atoms with Crippen molar-refractivity contribution in [3.8, 4) is 0 Å².